The maximum absolute atomic E-state index is 13.2. The predicted octanol–water partition coefficient (Wildman–Crippen LogP) is 6.32. The molecule has 0 aliphatic carbocycles. The molecule has 0 radical (unpaired) electrons. The average molecular weight is 494 g/mol. The lowest BCUT2D eigenvalue weighted by Gasteiger charge is -2.14. The number of carbonyl (C=O) groups is 1. The largest absolute Gasteiger partial charge is 0.493 e. The normalized spacial score (nSPS) is 11.6. The fourth-order valence-corrected chi connectivity index (χ4v) is 3.88. The molecule has 190 valence electrons. The molecule has 3 aromatic rings. The summed E-state index contributed by atoms with van der Waals surface area (Å²) < 4.78 is 61.2. The van der Waals surface area contributed by atoms with Crippen molar-refractivity contribution < 1.29 is 36.7 Å². The molecule has 0 saturated carbocycles. The summed E-state index contributed by atoms with van der Waals surface area (Å²) in [5.41, 5.74) is 1.57. The summed E-state index contributed by atoms with van der Waals surface area (Å²) in [6.07, 6.45) is -0.825. The number of alkyl halides is 3. The van der Waals surface area contributed by atoms with Gasteiger partial charge in [-0.1, -0.05) is 44.0 Å². The van der Waals surface area contributed by atoms with E-state index in [9.17, 15) is 18.0 Å². The molecule has 0 N–H and O–H groups in total. The molecule has 0 bridgehead atoms. The van der Waals surface area contributed by atoms with Crippen LogP contribution in [0.25, 0.3) is 11.0 Å². The Kier molecular flexibility index (Phi) is 9.01. The molecule has 1 heterocycles. The van der Waals surface area contributed by atoms with E-state index in [2.05, 4.69) is 12.1 Å². The molecule has 0 atom stereocenters. The van der Waals surface area contributed by atoms with Crippen molar-refractivity contribution in [3.63, 3.8) is 0 Å². The number of benzene rings is 2. The third-order valence-corrected chi connectivity index (χ3v) is 5.49. The third-order valence-electron chi connectivity index (χ3n) is 5.49. The fraction of sp³-hybridized carbons (Fsp3) is 0.462. The Hall–Kier alpha value is -3.23. The molecule has 3 rings (SSSR count). The summed E-state index contributed by atoms with van der Waals surface area (Å²) in [5, 5.41) is 3.18. The van der Waals surface area contributed by atoms with Gasteiger partial charge in [-0.2, -0.15) is 13.2 Å². The summed E-state index contributed by atoms with van der Waals surface area (Å²) >= 11 is 0. The fourth-order valence-electron chi connectivity index (χ4n) is 3.88. The number of aromatic nitrogens is 1. The SMILES string of the molecule is CCCc1cc(CC(=O)OC)ccc1OCCCOc1ccc2c(C(F)(F)F)noc2c1CCC. The van der Waals surface area contributed by atoms with Crippen molar-refractivity contribution >= 4 is 16.9 Å². The number of nitrogens with zero attached hydrogens (tertiary/aromatic N) is 1. The van der Waals surface area contributed by atoms with Crippen molar-refractivity contribution in [1.29, 1.82) is 0 Å². The summed E-state index contributed by atoms with van der Waals surface area (Å²) in [6, 6.07) is 8.55. The van der Waals surface area contributed by atoms with E-state index in [4.69, 9.17) is 18.7 Å². The van der Waals surface area contributed by atoms with Crippen LogP contribution in [0, 0.1) is 0 Å². The van der Waals surface area contributed by atoms with E-state index in [1.807, 2.05) is 25.1 Å². The van der Waals surface area contributed by atoms with Gasteiger partial charge in [0.15, 0.2) is 11.3 Å². The van der Waals surface area contributed by atoms with E-state index >= 15 is 0 Å². The number of hydrogen-bond donors (Lipinski definition) is 0. The first-order chi connectivity index (χ1) is 16.8. The van der Waals surface area contributed by atoms with Gasteiger partial charge in [-0.25, -0.2) is 0 Å². The Morgan fingerprint density at radius 2 is 1.69 bits per heavy atom. The Morgan fingerprint density at radius 3 is 2.34 bits per heavy atom. The molecule has 0 fully saturated rings. The zero-order valence-corrected chi connectivity index (χ0v) is 20.2. The summed E-state index contributed by atoms with van der Waals surface area (Å²) in [4.78, 5) is 11.6. The molecule has 0 amide bonds. The first kappa shape index (κ1) is 26.4. The minimum Gasteiger partial charge on any atom is -0.493 e. The number of ether oxygens (including phenoxy) is 3. The zero-order valence-electron chi connectivity index (χ0n) is 20.2. The Labute approximate surface area is 202 Å². The number of aryl methyl sites for hydroxylation is 2. The highest BCUT2D eigenvalue weighted by molar-refractivity contribution is 5.85. The highest BCUT2D eigenvalue weighted by atomic mass is 19.4. The van der Waals surface area contributed by atoms with Gasteiger partial charge in [0.25, 0.3) is 0 Å². The van der Waals surface area contributed by atoms with Gasteiger partial charge < -0.3 is 18.7 Å². The predicted molar refractivity (Wildman–Crippen MR) is 125 cm³/mol. The quantitative estimate of drug-likeness (QED) is 0.217. The van der Waals surface area contributed by atoms with E-state index in [-0.39, 0.29) is 23.4 Å². The topological polar surface area (TPSA) is 70.8 Å². The number of esters is 1. The summed E-state index contributed by atoms with van der Waals surface area (Å²) in [6.45, 7) is 4.73. The van der Waals surface area contributed by atoms with E-state index in [1.165, 1.54) is 13.2 Å². The number of rotatable bonds is 12. The Bertz CT molecular complexity index is 1140. The third kappa shape index (κ3) is 6.68. The van der Waals surface area contributed by atoms with Crippen molar-refractivity contribution in [3.8, 4) is 11.5 Å². The van der Waals surface area contributed by atoms with E-state index in [1.54, 1.807) is 6.07 Å². The number of halogens is 3. The monoisotopic (exact) mass is 493 g/mol. The molecular weight excluding hydrogens is 463 g/mol. The van der Waals surface area contributed by atoms with Crippen LogP contribution in [0.5, 0.6) is 11.5 Å². The Morgan fingerprint density at radius 1 is 1.00 bits per heavy atom. The molecular formula is C26H30F3NO5. The maximum Gasteiger partial charge on any atom is 0.437 e. The molecule has 9 heteroatoms. The number of methoxy groups -OCH3 is 1. The molecule has 0 aliphatic rings. The lowest BCUT2D eigenvalue weighted by atomic mass is 10.0. The molecule has 2 aromatic carbocycles. The minimum atomic E-state index is -4.58. The minimum absolute atomic E-state index is 0.0595. The van der Waals surface area contributed by atoms with Gasteiger partial charge >= 0.3 is 12.1 Å². The van der Waals surface area contributed by atoms with E-state index in [0.29, 0.717) is 43.8 Å². The Balaban J connectivity index is 1.62. The molecule has 1 aromatic heterocycles. The number of hydrogen-bond acceptors (Lipinski definition) is 6. The number of carbonyl (C=O) groups excluding carboxylic acids is 1. The van der Waals surface area contributed by atoms with Crippen LogP contribution in [0.1, 0.15) is 55.5 Å². The van der Waals surface area contributed by atoms with Gasteiger partial charge in [-0.15, -0.1) is 0 Å². The van der Waals surface area contributed by atoms with Crippen LogP contribution in [0.2, 0.25) is 0 Å². The lowest BCUT2D eigenvalue weighted by Crippen LogP contribution is -2.08. The first-order valence-electron chi connectivity index (χ1n) is 11.7. The van der Waals surface area contributed by atoms with Crippen LogP contribution >= 0.6 is 0 Å². The van der Waals surface area contributed by atoms with Crippen LogP contribution in [0.4, 0.5) is 13.2 Å². The van der Waals surface area contributed by atoms with Crippen molar-refractivity contribution in [3.05, 3.63) is 52.7 Å². The van der Waals surface area contributed by atoms with Gasteiger partial charge in [0.2, 0.25) is 0 Å². The standard InChI is InChI=1S/C26H30F3NO5/c1-4-7-18-15-17(16-23(31)32-3)9-11-21(18)33-13-6-14-34-22-12-10-20-24(19(22)8-5-2)35-30-25(20)26(27,28)29/h9-12,15H,4-8,13-14,16H2,1-3H3. The van der Waals surface area contributed by atoms with Gasteiger partial charge in [-0.3, -0.25) is 4.79 Å². The van der Waals surface area contributed by atoms with Gasteiger partial charge in [0, 0.05) is 12.0 Å². The van der Waals surface area contributed by atoms with Gasteiger partial charge in [0.1, 0.15) is 11.5 Å². The second kappa shape index (κ2) is 12.0. The van der Waals surface area contributed by atoms with Crippen molar-refractivity contribution in [2.45, 2.75) is 58.5 Å². The molecule has 0 saturated heterocycles. The second-order valence-corrected chi connectivity index (χ2v) is 8.19. The smallest absolute Gasteiger partial charge is 0.437 e. The molecule has 35 heavy (non-hydrogen) atoms. The second-order valence-electron chi connectivity index (χ2n) is 8.19. The van der Waals surface area contributed by atoms with E-state index in [0.717, 1.165) is 29.7 Å². The number of fused-ring (bicyclic) bond motifs is 1. The van der Waals surface area contributed by atoms with Crippen LogP contribution < -0.4 is 9.47 Å². The highest BCUT2D eigenvalue weighted by Gasteiger charge is 2.37. The van der Waals surface area contributed by atoms with Gasteiger partial charge in [0.05, 0.1) is 32.1 Å². The van der Waals surface area contributed by atoms with Crippen molar-refractivity contribution in [2.75, 3.05) is 20.3 Å². The van der Waals surface area contributed by atoms with Gasteiger partial charge in [-0.05, 0) is 42.2 Å². The summed E-state index contributed by atoms with van der Waals surface area (Å²) in [5.74, 6) is 0.955. The van der Waals surface area contributed by atoms with Crippen LogP contribution in [-0.2, 0) is 35.0 Å². The van der Waals surface area contributed by atoms with E-state index < -0.39 is 11.9 Å². The molecule has 6 nitrogen and oxygen atoms in total. The average Bonchev–Trinajstić information content (AvgIpc) is 3.26. The first-order valence-corrected chi connectivity index (χ1v) is 11.7. The molecule has 0 unspecified atom stereocenters. The van der Waals surface area contributed by atoms with Crippen molar-refractivity contribution in [1.82, 2.24) is 5.16 Å². The highest BCUT2D eigenvalue weighted by Crippen LogP contribution is 2.38. The molecule has 0 aliphatic heterocycles. The lowest BCUT2D eigenvalue weighted by molar-refractivity contribution is -0.141. The van der Waals surface area contributed by atoms with Crippen LogP contribution in [-0.4, -0.2) is 31.4 Å². The van der Waals surface area contributed by atoms with Crippen molar-refractivity contribution in [2.24, 2.45) is 0 Å². The summed E-state index contributed by atoms with van der Waals surface area (Å²) in [7, 11) is 1.36. The van der Waals surface area contributed by atoms with Crippen LogP contribution in [0.3, 0.4) is 0 Å². The maximum atomic E-state index is 13.2. The van der Waals surface area contributed by atoms with Crippen LogP contribution in [0.15, 0.2) is 34.9 Å². The molecule has 0 spiro atoms. The zero-order chi connectivity index (χ0) is 25.4.